The predicted molar refractivity (Wildman–Crippen MR) is 98.1 cm³/mol. The van der Waals surface area contributed by atoms with E-state index in [0.717, 1.165) is 46.0 Å². The second-order valence-corrected chi connectivity index (χ2v) is 7.39. The molecule has 1 aliphatic heterocycles. The first-order valence-electron chi connectivity index (χ1n) is 8.26. The van der Waals surface area contributed by atoms with Crippen LogP contribution in [-0.2, 0) is 17.6 Å². The topological polar surface area (TPSA) is 67.3 Å². The van der Waals surface area contributed by atoms with Crippen LogP contribution >= 0.6 is 11.3 Å². The number of likely N-dealkylation sites (N-methyl/N-ethyl adjacent to an activating group) is 1. The molecule has 0 saturated heterocycles. The van der Waals surface area contributed by atoms with Crippen LogP contribution in [0.2, 0.25) is 0 Å². The quantitative estimate of drug-likeness (QED) is 0.767. The number of carbonyl (C=O) groups is 1. The van der Waals surface area contributed by atoms with Crippen molar-refractivity contribution in [3.8, 4) is 5.75 Å². The van der Waals surface area contributed by atoms with Crippen LogP contribution in [0.4, 0.5) is 17.2 Å². The van der Waals surface area contributed by atoms with Gasteiger partial charge in [-0.05, 0) is 43.0 Å². The molecule has 0 radical (unpaired) electrons. The number of thiophene rings is 1. The Kier molecular flexibility index (Phi) is 3.18. The summed E-state index contributed by atoms with van der Waals surface area (Å²) in [6, 6.07) is 5.76. The molecule has 1 aliphatic carbocycles. The fraction of sp³-hybridized carbons (Fsp3) is 0.278. The summed E-state index contributed by atoms with van der Waals surface area (Å²) < 4.78 is 5.49. The molecule has 2 aromatic heterocycles. The van der Waals surface area contributed by atoms with Crippen LogP contribution in [0.3, 0.4) is 0 Å². The number of amides is 1. The van der Waals surface area contributed by atoms with E-state index in [9.17, 15) is 4.79 Å². The van der Waals surface area contributed by atoms with Gasteiger partial charge in [0.15, 0.2) is 6.61 Å². The molecule has 0 saturated carbocycles. The Morgan fingerprint density at radius 3 is 3.12 bits per heavy atom. The molecule has 1 aromatic carbocycles. The van der Waals surface area contributed by atoms with E-state index in [4.69, 9.17) is 4.74 Å². The molecule has 7 heteroatoms. The number of nitrogens with zero attached hydrogens (tertiary/aromatic N) is 3. The minimum absolute atomic E-state index is 0.0512. The number of hydrogen-bond acceptors (Lipinski definition) is 6. The van der Waals surface area contributed by atoms with Crippen molar-refractivity contribution in [3.63, 3.8) is 0 Å². The van der Waals surface area contributed by atoms with Crippen LogP contribution in [0, 0.1) is 0 Å². The number of carbonyl (C=O) groups excluding carboxylic acids is 1. The highest BCUT2D eigenvalue weighted by molar-refractivity contribution is 7.19. The molecule has 25 heavy (non-hydrogen) atoms. The van der Waals surface area contributed by atoms with Crippen molar-refractivity contribution in [2.45, 2.75) is 19.3 Å². The second-order valence-electron chi connectivity index (χ2n) is 6.31. The van der Waals surface area contributed by atoms with E-state index >= 15 is 0 Å². The van der Waals surface area contributed by atoms with Gasteiger partial charge in [-0.2, -0.15) is 0 Å². The maximum absolute atomic E-state index is 11.9. The average Bonchev–Trinajstić information content (AvgIpc) is 3.20. The molecule has 1 amide bonds. The third kappa shape index (κ3) is 2.26. The van der Waals surface area contributed by atoms with Crippen molar-refractivity contribution in [1.82, 2.24) is 9.97 Å². The Bertz CT molecular complexity index is 1010. The van der Waals surface area contributed by atoms with Crippen LogP contribution in [-0.4, -0.2) is 29.5 Å². The molecule has 3 aromatic rings. The third-order valence-electron chi connectivity index (χ3n) is 4.81. The molecule has 0 atom stereocenters. The second kappa shape index (κ2) is 5.42. The van der Waals surface area contributed by atoms with Gasteiger partial charge in [-0.25, -0.2) is 9.97 Å². The van der Waals surface area contributed by atoms with Crippen LogP contribution in [0.15, 0.2) is 24.5 Å². The SMILES string of the molecule is CN1C(=O)COc2ccc(Nc3ncnc4sc5c(c34)CCC5)cc21. The number of hydrogen-bond donors (Lipinski definition) is 1. The Morgan fingerprint density at radius 1 is 1.28 bits per heavy atom. The fourth-order valence-corrected chi connectivity index (χ4v) is 4.74. The highest BCUT2D eigenvalue weighted by Gasteiger charge is 2.24. The first kappa shape index (κ1) is 14.7. The van der Waals surface area contributed by atoms with Crippen molar-refractivity contribution < 1.29 is 9.53 Å². The smallest absolute Gasteiger partial charge is 0.264 e. The summed E-state index contributed by atoms with van der Waals surface area (Å²) in [5.41, 5.74) is 3.03. The zero-order valence-corrected chi connectivity index (χ0v) is 14.5. The number of aromatic nitrogens is 2. The van der Waals surface area contributed by atoms with E-state index < -0.39 is 0 Å². The molecule has 3 heterocycles. The number of nitrogens with one attached hydrogen (secondary N) is 1. The molecule has 2 aliphatic rings. The van der Waals surface area contributed by atoms with Gasteiger partial charge in [0.05, 0.1) is 11.1 Å². The summed E-state index contributed by atoms with van der Waals surface area (Å²) >= 11 is 1.77. The predicted octanol–water partition coefficient (Wildman–Crippen LogP) is 3.28. The lowest BCUT2D eigenvalue weighted by atomic mass is 10.1. The first-order chi connectivity index (χ1) is 12.2. The van der Waals surface area contributed by atoms with E-state index in [-0.39, 0.29) is 12.5 Å². The molecular formula is C18H16N4O2S. The van der Waals surface area contributed by atoms with E-state index in [0.29, 0.717) is 0 Å². The standard InChI is InChI=1S/C18H16N4O2S/c1-22-12-7-10(5-6-13(12)24-8-15(22)23)21-17-16-11-3-2-4-14(11)25-18(16)20-9-19-17/h5-7,9H,2-4,8H2,1H3,(H,19,20,21). The maximum Gasteiger partial charge on any atom is 0.264 e. The highest BCUT2D eigenvalue weighted by atomic mass is 32.1. The number of rotatable bonds is 2. The van der Waals surface area contributed by atoms with Crippen molar-refractivity contribution >= 4 is 44.7 Å². The van der Waals surface area contributed by atoms with Gasteiger partial charge < -0.3 is 15.0 Å². The van der Waals surface area contributed by atoms with Crippen molar-refractivity contribution in [3.05, 3.63) is 35.0 Å². The van der Waals surface area contributed by atoms with Gasteiger partial charge in [0.2, 0.25) is 0 Å². The van der Waals surface area contributed by atoms with Gasteiger partial charge in [-0.15, -0.1) is 11.3 Å². The number of aryl methyl sites for hydroxylation is 2. The minimum atomic E-state index is -0.0512. The highest BCUT2D eigenvalue weighted by Crippen LogP contribution is 2.40. The van der Waals surface area contributed by atoms with Crippen molar-refractivity contribution in [2.24, 2.45) is 0 Å². The van der Waals surface area contributed by atoms with Crippen LogP contribution in [0.5, 0.6) is 5.75 Å². The van der Waals surface area contributed by atoms with Crippen molar-refractivity contribution in [1.29, 1.82) is 0 Å². The van der Waals surface area contributed by atoms with Crippen LogP contribution in [0.1, 0.15) is 16.9 Å². The Labute approximate surface area is 148 Å². The number of benzene rings is 1. The monoisotopic (exact) mass is 352 g/mol. The van der Waals surface area contributed by atoms with Gasteiger partial charge in [-0.3, -0.25) is 4.79 Å². The molecular weight excluding hydrogens is 336 g/mol. The van der Waals surface area contributed by atoms with Gasteiger partial charge >= 0.3 is 0 Å². The Morgan fingerprint density at radius 2 is 2.20 bits per heavy atom. The zero-order chi connectivity index (χ0) is 17.0. The van der Waals surface area contributed by atoms with Gasteiger partial charge in [0.1, 0.15) is 22.7 Å². The lowest BCUT2D eigenvalue weighted by Gasteiger charge is -2.26. The summed E-state index contributed by atoms with van der Waals surface area (Å²) in [6.07, 6.45) is 5.04. The largest absolute Gasteiger partial charge is 0.482 e. The Hall–Kier alpha value is -2.67. The average molecular weight is 352 g/mol. The summed E-state index contributed by atoms with van der Waals surface area (Å²) in [5, 5.41) is 4.55. The van der Waals surface area contributed by atoms with Crippen LogP contribution in [0.25, 0.3) is 10.2 Å². The fourth-order valence-electron chi connectivity index (χ4n) is 3.51. The summed E-state index contributed by atoms with van der Waals surface area (Å²) in [7, 11) is 1.77. The van der Waals surface area contributed by atoms with Gasteiger partial charge in [-0.1, -0.05) is 0 Å². The molecule has 126 valence electrons. The summed E-state index contributed by atoms with van der Waals surface area (Å²) in [5.74, 6) is 1.50. The zero-order valence-electron chi connectivity index (χ0n) is 13.7. The molecule has 6 nitrogen and oxygen atoms in total. The summed E-state index contributed by atoms with van der Waals surface area (Å²) in [6.45, 7) is 0.0872. The normalized spacial score (nSPS) is 15.9. The number of ether oxygens (including phenoxy) is 1. The van der Waals surface area contributed by atoms with E-state index in [2.05, 4.69) is 15.3 Å². The van der Waals surface area contributed by atoms with Gasteiger partial charge in [0, 0.05) is 17.6 Å². The third-order valence-corrected chi connectivity index (χ3v) is 6.01. The van der Waals surface area contributed by atoms with Gasteiger partial charge in [0.25, 0.3) is 5.91 Å². The molecule has 0 unspecified atom stereocenters. The first-order valence-corrected chi connectivity index (χ1v) is 9.08. The Balaban J connectivity index is 1.56. The molecule has 5 rings (SSSR count). The van der Waals surface area contributed by atoms with E-state index in [1.165, 1.54) is 16.9 Å². The molecule has 0 bridgehead atoms. The summed E-state index contributed by atoms with van der Waals surface area (Å²) in [4.78, 5) is 24.9. The van der Waals surface area contributed by atoms with E-state index in [1.54, 1.807) is 29.6 Å². The number of anilines is 3. The maximum atomic E-state index is 11.9. The molecule has 0 spiro atoms. The van der Waals surface area contributed by atoms with E-state index in [1.807, 2.05) is 18.2 Å². The lowest BCUT2D eigenvalue weighted by molar-refractivity contribution is -0.120. The minimum Gasteiger partial charge on any atom is -0.482 e. The van der Waals surface area contributed by atoms with Crippen LogP contribution < -0.4 is 15.0 Å². The lowest BCUT2D eigenvalue weighted by Crippen LogP contribution is -2.35. The molecule has 0 fully saturated rings. The van der Waals surface area contributed by atoms with Crippen molar-refractivity contribution in [2.75, 3.05) is 23.9 Å². The molecule has 1 N–H and O–H groups in total. The number of fused-ring (bicyclic) bond motifs is 4.